The van der Waals surface area contributed by atoms with Crippen LogP contribution in [0.25, 0.3) is 11.0 Å². The van der Waals surface area contributed by atoms with E-state index in [2.05, 4.69) is 4.98 Å². The number of aryl methyl sites for hydroxylation is 3. The Kier molecular flexibility index (Phi) is 6.46. The summed E-state index contributed by atoms with van der Waals surface area (Å²) >= 11 is 0. The molecule has 1 amide bonds. The molecule has 7 heteroatoms. The predicted molar refractivity (Wildman–Crippen MR) is 143 cm³/mol. The highest BCUT2D eigenvalue weighted by Gasteiger charge is 2.44. The quantitative estimate of drug-likeness (QED) is 0.308. The van der Waals surface area contributed by atoms with Crippen LogP contribution in [0.15, 0.2) is 57.9 Å². The maximum atomic E-state index is 14.0. The molecule has 0 bridgehead atoms. The molecular formula is C30H30N2O5. The van der Waals surface area contributed by atoms with Crippen LogP contribution < -0.4 is 19.8 Å². The number of ether oxygens (including phenoxy) is 2. The van der Waals surface area contributed by atoms with Gasteiger partial charge >= 0.3 is 0 Å². The number of hydrogen-bond donors (Lipinski definition) is 0. The molecule has 190 valence electrons. The molecule has 1 atom stereocenters. The molecule has 1 unspecified atom stereocenters. The number of amides is 1. The lowest BCUT2D eigenvalue weighted by Crippen LogP contribution is -2.30. The number of pyridine rings is 1. The van der Waals surface area contributed by atoms with E-state index in [0.29, 0.717) is 52.6 Å². The molecule has 0 fully saturated rings. The normalized spacial score (nSPS) is 14.8. The first kappa shape index (κ1) is 24.6. The minimum Gasteiger partial charge on any atom is -0.490 e. The molecule has 0 saturated heterocycles. The van der Waals surface area contributed by atoms with Crippen LogP contribution in [0, 0.1) is 20.8 Å². The fourth-order valence-corrected chi connectivity index (χ4v) is 4.73. The summed E-state index contributed by atoms with van der Waals surface area (Å²) in [5.41, 5.74) is 4.09. The number of carbonyl (C=O) groups excluding carboxylic acids is 1. The van der Waals surface area contributed by atoms with Crippen LogP contribution in [0.3, 0.4) is 0 Å². The Morgan fingerprint density at radius 2 is 1.73 bits per heavy atom. The van der Waals surface area contributed by atoms with E-state index in [4.69, 9.17) is 13.9 Å². The number of nitrogens with zero attached hydrogens (tertiary/aromatic N) is 2. The van der Waals surface area contributed by atoms with Crippen molar-refractivity contribution in [1.29, 1.82) is 0 Å². The van der Waals surface area contributed by atoms with Gasteiger partial charge in [-0.1, -0.05) is 13.0 Å². The molecule has 1 aliphatic rings. The van der Waals surface area contributed by atoms with Gasteiger partial charge in [-0.05, 0) is 92.8 Å². The average molecular weight is 499 g/mol. The largest absolute Gasteiger partial charge is 0.490 e. The number of fused-ring (bicyclic) bond motifs is 2. The van der Waals surface area contributed by atoms with Gasteiger partial charge in [-0.15, -0.1) is 0 Å². The fraction of sp³-hybridized carbons (Fsp3) is 0.300. The van der Waals surface area contributed by atoms with Crippen molar-refractivity contribution in [3.8, 4) is 11.5 Å². The molecule has 0 saturated carbocycles. The van der Waals surface area contributed by atoms with Crippen molar-refractivity contribution >= 4 is 22.7 Å². The first-order valence-electron chi connectivity index (χ1n) is 12.6. The fourth-order valence-electron chi connectivity index (χ4n) is 4.73. The van der Waals surface area contributed by atoms with Crippen LogP contribution in [0.5, 0.6) is 11.5 Å². The van der Waals surface area contributed by atoms with Crippen LogP contribution in [0.2, 0.25) is 0 Å². The monoisotopic (exact) mass is 498 g/mol. The minimum atomic E-state index is -0.738. The summed E-state index contributed by atoms with van der Waals surface area (Å²) in [6.07, 6.45) is 2.52. The van der Waals surface area contributed by atoms with Gasteiger partial charge in [0.25, 0.3) is 5.91 Å². The zero-order valence-electron chi connectivity index (χ0n) is 21.8. The second-order valence-corrected chi connectivity index (χ2v) is 9.36. The highest BCUT2D eigenvalue weighted by molar-refractivity contribution is 6.10. The van der Waals surface area contributed by atoms with Crippen molar-refractivity contribution in [2.45, 2.75) is 47.1 Å². The highest BCUT2D eigenvalue weighted by atomic mass is 16.5. The number of benzene rings is 2. The van der Waals surface area contributed by atoms with Crippen molar-refractivity contribution in [3.05, 3.63) is 92.5 Å². The van der Waals surface area contributed by atoms with Crippen LogP contribution in [-0.2, 0) is 0 Å². The van der Waals surface area contributed by atoms with Gasteiger partial charge in [0.1, 0.15) is 11.4 Å². The summed E-state index contributed by atoms with van der Waals surface area (Å²) < 4.78 is 17.9. The van der Waals surface area contributed by atoms with Gasteiger partial charge < -0.3 is 13.9 Å². The topological polar surface area (TPSA) is 81.9 Å². The third-order valence-electron chi connectivity index (χ3n) is 6.68. The summed E-state index contributed by atoms with van der Waals surface area (Å²) in [7, 11) is 0. The standard InChI is InChI=1S/C30H30N2O5/c1-6-12-36-22-9-8-20(16-24(22)35-7-2)27-26-28(33)21-14-18(4)19(5)15-23(21)37-29(26)30(34)32(27)25-13-17(3)10-11-31-25/h8-11,13-16,27H,6-7,12H2,1-5H3. The van der Waals surface area contributed by atoms with Gasteiger partial charge in [0, 0.05) is 6.20 Å². The molecular weight excluding hydrogens is 468 g/mol. The lowest BCUT2D eigenvalue weighted by atomic mass is 9.97. The van der Waals surface area contributed by atoms with E-state index in [1.54, 1.807) is 11.1 Å². The average Bonchev–Trinajstić information content (AvgIpc) is 3.17. The number of anilines is 1. The van der Waals surface area contributed by atoms with Crippen LogP contribution >= 0.6 is 0 Å². The first-order valence-corrected chi connectivity index (χ1v) is 12.6. The van der Waals surface area contributed by atoms with E-state index < -0.39 is 11.9 Å². The second-order valence-electron chi connectivity index (χ2n) is 9.36. The Bertz CT molecular complexity index is 1570. The summed E-state index contributed by atoms with van der Waals surface area (Å²) in [6.45, 7) is 10.8. The van der Waals surface area contributed by atoms with E-state index >= 15 is 0 Å². The second kappa shape index (κ2) is 9.73. The minimum absolute atomic E-state index is 0.0401. The number of aromatic nitrogens is 1. The van der Waals surface area contributed by atoms with Crippen LogP contribution in [0.1, 0.15) is 64.7 Å². The van der Waals surface area contributed by atoms with Gasteiger partial charge in [0.15, 0.2) is 16.9 Å². The Labute approximate surface area is 215 Å². The lowest BCUT2D eigenvalue weighted by Gasteiger charge is -2.25. The van der Waals surface area contributed by atoms with Crippen molar-refractivity contribution < 1.29 is 18.7 Å². The Morgan fingerprint density at radius 1 is 0.946 bits per heavy atom. The molecule has 7 nitrogen and oxygen atoms in total. The SMILES string of the molecule is CCCOc1ccc(C2c3c(oc4cc(C)c(C)cc4c3=O)C(=O)N2c2cc(C)ccn2)cc1OCC. The van der Waals surface area contributed by atoms with Crippen LogP contribution in [0.4, 0.5) is 5.82 Å². The third-order valence-corrected chi connectivity index (χ3v) is 6.68. The summed E-state index contributed by atoms with van der Waals surface area (Å²) in [5.74, 6) is 1.26. The number of carbonyl (C=O) groups is 1. The zero-order chi connectivity index (χ0) is 26.3. The Balaban J connectivity index is 1.77. The number of hydrogen-bond acceptors (Lipinski definition) is 6. The first-order chi connectivity index (χ1) is 17.8. The molecule has 3 heterocycles. The zero-order valence-corrected chi connectivity index (χ0v) is 21.8. The van der Waals surface area contributed by atoms with E-state index in [1.165, 1.54) is 0 Å². The van der Waals surface area contributed by atoms with Crippen LogP contribution in [-0.4, -0.2) is 24.1 Å². The van der Waals surface area contributed by atoms with Crippen molar-refractivity contribution in [2.75, 3.05) is 18.1 Å². The Morgan fingerprint density at radius 3 is 2.46 bits per heavy atom. The summed E-state index contributed by atoms with van der Waals surface area (Å²) in [6, 6.07) is 12.1. The molecule has 0 N–H and O–H groups in total. The molecule has 2 aromatic carbocycles. The van der Waals surface area contributed by atoms with E-state index in [-0.39, 0.29) is 11.2 Å². The van der Waals surface area contributed by atoms with Gasteiger partial charge in [0.05, 0.1) is 30.2 Å². The smallest absolute Gasteiger partial charge is 0.296 e. The van der Waals surface area contributed by atoms with Gasteiger partial charge in [-0.3, -0.25) is 14.5 Å². The van der Waals surface area contributed by atoms with Gasteiger partial charge in [-0.2, -0.15) is 0 Å². The molecule has 0 radical (unpaired) electrons. The van der Waals surface area contributed by atoms with E-state index in [0.717, 1.165) is 23.1 Å². The van der Waals surface area contributed by atoms with E-state index in [9.17, 15) is 9.59 Å². The highest BCUT2D eigenvalue weighted by Crippen LogP contribution is 2.43. The summed E-state index contributed by atoms with van der Waals surface area (Å²) in [5, 5.41) is 0.451. The Hall–Kier alpha value is -4.13. The maximum Gasteiger partial charge on any atom is 0.296 e. The third kappa shape index (κ3) is 4.24. The molecule has 0 spiro atoms. The predicted octanol–water partition coefficient (Wildman–Crippen LogP) is 6.05. The van der Waals surface area contributed by atoms with Crippen molar-refractivity contribution in [2.24, 2.45) is 0 Å². The lowest BCUT2D eigenvalue weighted by molar-refractivity contribution is 0.0970. The molecule has 2 aromatic heterocycles. The van der Waals surface area contributed by atoms with Crippen molar-refractivity contribution in [1.82, 2.24) is 4.98 Å². The molecule has 1 aliphatic heterocycles. The molecule has 0 aliphatic carbocycles. The maximum absolute atomic E-state index is 14.0. The molecule has 5 rings (SSSR count). The summed E-state index contributed by atoms with van der Waals surface area (Å²) in [4.78, 5) is 33.8. The van der Waals surface area contributed by atoms with Gasteiger partial charge in [0.2, 0.25) is 5.76 Å². The molecule has 4 aromatic rings. The molecule has 37 heavy (non-hydrogen) atoms. The van der Waals surface area contributed by atoms with E-state index in [1.807, 2.05) is 77.1 Å². The number of rotatable bonds is 7. The van der Waals surface area contributed by atoms with Crippen molar-refractivity contribution in [3.63, 3.8) is 0 Å². The van der Waals surface area contributed by atoms with Gasteiger partial charge in [-0.25, -0.2) is 4.98 Å².